The fourth-order valence-electron chi connectivity index (χ4n) is 2.90. The summed E-state index contributed by atoms with van der Waals surface area (Å²) in [6.07, 6.45) is 2.19. The topological polar surface area (TPSA) is 72.2 Å². The molecule has 0 radical (unpaired) electrons. The first-order valence-corrected chi connectivity index (χ1v) is 8.71. The van der Waals surface area contributed by atoms with Crippen molar-refractivity contribution in [2.24, 2.45) is 0 Å². The number of halogens is 3. The van der Waals surface area contributed by atoms with Crippen LogP contribution in [0, 0.1) is 11.6 Å². The standard InChI is InChI=1S/C16H16F2N2O2S.ClH/c17-13-4-2-6-15(16(13)18)23(21,22)20-14-5-1-3-10-9-11(19)7-8-12(10)14;/h2,4,6-9,14,20H,1,3,5,19H2;1H. The van der Waals surface area contributed by atoms with E-state index in [-0.39, 0.29) is 12.4 Å². The average Bonchev–Trinajstić information content (AvgIpc) is 2.49. The zero-order valence-corrected chi connectivity index (χ0v) is 14.3. The van der Waals surface area contributed by atoms with E-state index in [1.807, 2.05) is 6.07 Å². The lowest BCUT2D eigenvalue weighted by Crippen LogP contribution is -2.31. The molecule has 3 rings (SSSR count). The van der Waals surface area contributed by atoms with E-state index in [0.717, 1.165) is 36.1 Å². The molecule has 4 nitrogen and oxygen atoms in total. The van der Waals surface area contributed by atoms with Gasteiger partial charge in [-0.15, -0.1) is 12.4 Å². The SMILES string of the molecule is Cl.Nc1ccc2c(c1)CCCC2NS(=O)(=O)c1cccc(F)c1F. The molecule has 130 valence electrons. The van der Waals surface area contributed by atoms with Crippen molar-refractivity contribution < 1.29 is 17.2 Å². The summed E-state index contributed by atoms with van der Waals surface area (Å²) >= 11 is 0. The Morgan fingerprint density at radius 3 is 2.67 bits per heavy atom. The van der Waals surface area contributed by atoms with Crippen LogP contribution in [0.5, 0.6) is 0 Å². The first-order valence-electron chi connectivity index (χ1n) is 7.23. The Bertz CT molecular complexity index is 859. The molecular formula is C16H17ClF2N2O2S. The molecule has 0 spiro atoms. The molecule has 1 atom stereocenters. The number of hydrogen-bond donors (Lipinski definition) is 2. The van der Waals surface area contributed by atoms with E-state index in [1.165, 1.54) is 6.07 Å². The van der Waals surface area contributed by atoms with E-state index in [2.05, 4.69) is 4.72 Å². The third-order valence-electron chi connectivity index (χ3n) is 3.98. The molecule has 0 amide bonds. The molecule has 3 N–H and O–H groups in total. The van der Waals surface area contributed by atoms with Gasteiger partial charge in [0.05, 0.1) is 0 Å². The summed E-state index contributed by atoms with van der Waals surface area (Å²) in [5.74, 6) is -2.56. The number of anilines is 1. The Balaban J connectivity index is 0.00000208. The quantitative estimate of drug-likeness (QED) is 0.809. The predicted molar refractivity (Wildman–Crippen MR) is 90.5 cm³/mol. The zero-order chi connectivity index (χ0) is 16.6. The number of nitrogens with one attached hydrogen (secondary N) is 1. The maximum atomic E-state index is 13.8. The van der Waals surface area contributed by atoms with Gasteiger partial charge in [-0.3, -0.25) is 0 Å². The van der Waals surface area contributed by atoms with Crippen LogP contribution in [0.1, 0.15) is 30.0 Å². The molecule has 0 saturated carbocycles. The minimum atomic E-state index is -4.16. The first-order chi connectivity index (χ1) is 10.9. The highest BCUT2D eigenvalue weighted by Crippen LogP contribution is 2.32. The van der Waals surface area contributed by atoms with E-state index in [9.17, 15) is 17.2 Å². The monoisotopic (exact) mass is 374 g/mol. The number of nitrogens with two attached hydrogens (primary N) is 1. The molecule has 2 aromatic carbocycles. The molecule has 0 heterocycles. The maximum Gasteiger partial charge on any atom is 0.244 e. The zero-order valence-electron chi connectivity index (χ0n) is 12.6. The van der Waals surface area contributed by atoms with Crippen molar-refractivity contribution in [2.45, 2.75) is 30.2 Å². The Morgan fingerprint density at radius 1 is 1.17 bits per heavy atom. The molecule has 1 unspecified atom stereocenters. The number of benzene rings is 2. The number of nitrogen functional groups attached to an aromatic ring is 1. The third kappa shape index (κ3) is 3.53. The van der Waals surface area contributed by atoms with Gasteiger partial charge in [-0.25, -0.2) is 21.9 Å². The first kappa shape index (κ1) is 18.6. The third-order valence-corrected chi connectivity index (χ3v) is 5.47. The van der Waals surface area contributed by atoms with Crippen LogP contribution in [0.25, 0.3) is 0 Å². The van der Waals surface area contributed by atoms with Crippen LogP contribution in [0.3, 0.4) is 0 Å². The van der Waals surface area contributed by atoms with Gasteiger partial charge in [0.2, 0.25) is 10.0 Å². The van der Waals surface area contributed by atoms with Gasteiger partial charge in [-0.05, 0) is 54.7 Å². The van der Waals surface area contributed by atoms with Crippen LogP contribution in [0.2, 0.25) is 0 Å². The van der Waals surface area contributed by atoms with Gasteiger partial charge in [0.1, 0.15) is 4.90 Å². The summed E-state index contributed by atoms with van der Waals surface area (Å²) in [6.45, 7) is 0. The van der Waals surface area contributed by atoms with E-state index in [1.54, 1.807) is 12.1 Å². The van der Waals surface area contributed by atoms with Crippen LogP contribution in [-0.4, -0.2) is 8.42 Å². The minimum absolute atomic E-state index is 0. The molecule has 24 heavy (non-hydrogen) atoms. The predicted octanol–water partition coefficient (Wildman–Crippen LogP) is 3.32. The molecule has 0 bridgehead atoms. The number of aryl methyl sites for hydroxylation is 1. The van der Waals surface area contributed by atoms with Gasteiger partial charge in [0, 0.05) is 11.7 Å². The second kappa shape index (κ2) is 7.04. The summed E-state index contributed by atoms with van der Waals surface area (Å²) in [4.78, 5) is -0.680. The summed E-state index contributed by atoms with van der Waals surface area (Å²) in [7, 11) is -4.16. The lowest BCUT2D eigenvalue weighted by molar-refractivity contribution is 0.475. The van der Waals surface area contributed by atoms with Gasteiger partial charge >= 0.3 is 0 Å². The highest BCUT2D eigenvalue weighted by Gasteiger charge is 2.28. The van der Waals surface area contributed by atoms with Crippen LogP contribution in [-0.2, 0) is 16.4 Å². The van der Waals surface area contributed by atoms with E-state index in [0.29, 0.717) is 12.1 Å². The van der Waals surface area contributed by atoms with E-state index >= 15 is 0 Å². The van der Waals surface area contributed by atoms with Crippen molar-refractivity contribution in [2.75, 3.05) is 5.73 Å². The Hall–Kier alpha value is -1.70. The van der Waals surface area contributed by atoms with Gasteiger partial charge < -0.3 is 5.73 Å². The lowest BCUT2D eigenvalue weighted by Gasteiger charge is -2.26. The fourth-order valence-corrected chi connectivity index (χ4v) is 4.24. The second-order valence-electron chi connectivity index (χ2n) is 5.58. The molecule has 0 aliphatic heterocycles. The van der Waals surface area contributed by atoms with Gasteiger partial charge in [0.25, 0.3) is 0 Å². The number of fused-ring (bicyclic) bond motifs is 1. The van der Waals surface area contributed by atoms with E-state index in [4.69, 9.17) is 5.73 Å². The van der Waals surface area contributed by atoms with Crippen molar-refractivity contribution >= 4 is 28.1 Å². The fraction of sp³-hybridized carbons (Fsp3) is 0.250. The van der Waals surface area contributed by atoms with Crippen LogP contribution in [0.4, 0.5) is 14.5 Å². The van der Waals surface area contributed by atoms with Crippen LogP contribution >= 0.6 is 12.4 Å². The highest BCUT2D eigenvalue weighted by molar-refractivity contribution is 7.89. The van der Waals surface area contributed by atoms with Crippen molar-refractivity contribution in [1.29, 1.82) is 0 Å². The Kier molecular flexibility index (Phi) is 5.47. The van der Waals surface area contributed by atoms with Gasteiger partial charge in [0.15, 0.2) is 11.6 Å². The highest BCUT2D eigenvalue weighted by atomic mass is 35.5. The van der Waals surface area contributed by atoms with Crippen molar-refractivity contribution in [3.8, 4) is 0 Å². The smallest absolute Gasteiger partial charge is 0.244 e. The van der Waals surface area contributed by atoms with Gasteiger partial charge in [-0.2, -0.15) is 0 Å². The summed E-state index contributed by atoms with van der Waals surface area (Å²) in [6, 6.07) is 7.92. The van der Waals surface area contributed by atoms with Crippen LogP contribution in [0.15, 0.2) is 41.3 Å². The second-order valence-corrected chi connectivity index (χ2v) is 7.26. The molecule has 8 heteroatoms. The number of hydrogen-bond acceptors (Lipinski definition) is 3. The summed E-state index contributed by atoms with van der Waals surface area (Å²) < 4.78 is 54.4. The summed E-state index contributed by atoms with van der Waals surface area (Å²) in [5.41, 5.74) is 8.17. The maximum absolute atomic E-state index is 13.8. The lowest BCUT2D eigenvalue weighted by atomic mass is 9.88. The van der Waals surface area contributed by atoms with Crippen molar-refractivity contribution in [3.63, 3.8) is 0 Å². The minimum Gasteiger partial charge on any atom is -0.399 e. The number of rotatable bonds is 3. The Morgan fingerprint density at radius 2 is 1.92 bits per heavy atom. The molecule has 0 fully saturated rings. The molecular weight excluding hydrogens is 358 g/mol. The van der Waals surface area contributed by atoms with Crippen molar-refractivity contribution in [1.82, 2.24) is 4.72 Å². The Labute approximate surface area is 145 Å². The van der Waals surface area contributed by atoms with Crippen molar-refractivity contribution in [3.05, 3.63) is 59.2 Å². The largest absolute Gasteiger partial charge is 0.399 e. The molecule has 2 aromatic rings. The molecule has 1 aliphatic carbocycles. The van der Waals surface area contributed by atoms with E-state index < -0.39 is 32.6 Å². The molecule has 1 aliphatic rings. The molecule has 0 saturated heterocycles. The molecule has 0 aromatic heterocycles. The average molecular weight is 375 g/mol. The van der Waals surface area contributed by atoms with Gasteiger partial charge in [-0.1, -0.05) is 12.1 Å². The number of sulfonamides is 1. The summed E-state index contributed by atoms with van der Waals surface area (Å²) in [5, 5.41) is 0. The normalized spacial score (nSPS) is 17.0. The van der Waals surface area contributed by atoms with Crippen LogP contribution < -0.4 is 10.5 Å².